The summed E-state index contributed by atoms with van der Waals surface area (Å²) >= 11 is 10.2. The minimum Gasteiger partial charge on any atom is -0.391 e. The Morgan fingerprint density at radius 2 is 1.71 bits per heavy atom. The summed E-state index contributed by atoms with van der Waals surface area (Å²) in [6.07, 6.45) is 1.30. The Labute approximate surface area is 95.0 Å². The molecule has 0 aliphatic rings. The number of alkyl halides is 2. The number of rotatable bonds is 3. The molecule has 0 aromatic heterocycles. The molecule has 0 amide bonds. The molecule has 0 heterocycles. The van der Waals surface area contributed by atoms with Gasteiger partial charge in [-0.25, -0.2) is 0 Å². The van der Waals surface area contributed by atoms with Crippen molar-refractivity contribution in [1.29, 1.82) is 0 Å². The molecule has 1 aromatic carbocycles. The van der Waals surface area contributed by atoms with Crippen molar-refractivity contribution < 1.29 is 5.11 Å². The highest BCUT2D eigenvalue weighted by Gasteiger charge is 1.94. The fourth-order valence-corrected chi connectivity index (χ4v) is 0.960. The maximum Gasteiger partial charge on any atom is 0.0810 e. The van der Waals surface area contributed by atoms with Crippen molar-refractivity contribution in [3.8, 4) is 0 Å². The van der Waals surface area contributed by atoms with E-state index in [1.807, 2.05) is 36.4 Å². The molecule has 0 atom stereocenters. The van der Waals surface area contributed by atoms with Crippen molar-refractivity contribution in [3.63, 3.8) is 0 Å². The van der Waals surface area contributed by atoms with Gasteiger partial charge in [0.05, 0.1) is 6.10 Å². The summed E-state index contributed by atoms with van der Waals surface area (Å²) in [6.45, 7) is 3.63. The molecule has 14 heavy (non-hydrogen) atoms. The van der Waals surface area contributed by atoms with Crippen molar-refractivity contribution in [2.24, 2.45) is 0 Å². The van der Waals surface area contributed by atoms with E-state index >= 15 is 0 Å². The van der Waals surface area contributed by atoms with E-state index in [2.05, 4.69) is 6.58 Å². The van der Waals surface area contributed by atoms with E-state index in [9.17, 15) is 0 Å². The SMILES string of the molecule is C=Cc1ccccc1.OC(CCl)CCl. The first-order valence-electron chi connectivity index (χ1n) is 4.22. The third-order valence-electron chi connectivity index (χ3n) is 1.39. The van der Waals surface area contributed by atoms with Crippen LogP contribution in [0.2, 0.25) is 0 Å². The molecule has 0 bridgehead atoms. The number of benzene rings is 1. The van der Waals surface area contributed by atoms with Crippen molar-refractivity contribution in [1.82, 2.24) is 0 Å². The van der Waals surface area contributed by atoms with Crippen LogP contribution in [0.1, 0.15) is 5.56 Å². The van der Waals surface area contributed by atoms with Crippen LogP contribution < -0.4 is 0 Å². The molecular formula is C11H14Cl2O. The van der Waals surface area contributed by atoms with E-state index in [0.29, 0.717) is 0 Å². The summed E-state index contributed by atoms with van der Waals surface area (Å²) < 4.78 is 0. The summed E-state index contributed by atoms with van der Waals surface area (Å²) in [4.78, 5) is 0. The van der Waals surface area contributed by atoms with Crippen LogP contribution in [0.25, 0.3) is 6.08 Å². The monoisotopic (exact) mass is 232 g/mol. The summed E-state index contributed by atoms with van der Waals surface area (Å²) in [5.41, 5.74) is 1.17. The van der Waals surface area contributed by atoms with Gasteiger partial charge in [0, 0.05) is 11.8 Å². The van der Waals surface area contributed by atoms with Crippen LogP contribution in [0.5, 0.6) is 0 Å². The van der Waals surface area contributed by atoms with Gasteiger partial charge in [-0.05, 0) is 5.56 Å². The van der Waals surface area contributed by atoms with Gasteiger partial charge >= 0.3 is 0 Å². The Kier molecular flexibility index (Phi) is 8.75. The van der Waals surface area contributed by atoms with Gasteiger partial charge in [-0.15, -0.1) is 23.2 Å². The van der Waals surface area contributed by atoms with Crippen LogP contribution in [0.3, 0.4) is 0 Å². The third kappa shape index (κ3) is 6.96. The molecule has 0 aliphatic heterocycles. The van der Waals surface area contributed by atoms with Gasteiger partial charge in [-0.1, -0.05) is 43.0 Å². The second-order valence-corrected chi connectivity index (χ2v) is 3.19. The maximum atomic E-state index is 8.40. The topological polar surface area (TPSA) is 20.2 Å². The van der Waals surface area contributed by atoms with Gasteiger partial charge in [-0.2, -0.15) is 0 Å². The lowest BCUT2D eigenvalue weighted by atomic mass is 10.2. The lowest BCUT2D eigenvalue weighted by Crippen LogP contribution is -2.08. The van der Waals surface area contributed by atoms with Gasteiger partial charge in [0.25, 0.3) is 0 Å². The van der Waals surface area contributed by atoms with E-state index in [1.165, 1.54) is 5.56 Å². The smallest absolute Gasteiger partial charge is 0.0810 e. The van der Waals surface area contributed by atoms with E-state index in [-0.39, 0.29) is 11.8 Å². The van der Waals surface area contributed by atoms with Crippen LogP contribution in [0, 0.1) is 0 Å². The summed E-state index contributed by atoms with van der Waals surface area (Å²) in [6, 6.07) is 10.0. The number of hydrogen-bond acceptors (Lipinski definition) is 1. The Bertz CT molecular complexity index is 232. The Balaban J connectivity index is 0.000000255. The molecule has 3 heteroatoms. The van der Waals surface area contributed by atoms with Gasteiger partial charge in [-0.3, -0.25) is 0 Å². The number of aliphatic hydroxyl groups excluding tert-OH is 1. The van der Waals surface area contributed by atoms with E-state index < -0.39 is 6.10 Å². The molecule has 1 N–H and O–H groups in total. The van der Waals surface area contributed by atoms with Crippen molar-refractivity contribution in [2.45, 2.75) is 6.10 Å². The molecule has 0 radical (unpaired) electrons. The van der Waals surface area contributed by atoms with Crippen molar-refractivity contribution >= 4 is 29.3 Å². The minimum atomic E-state index is -0.534. The molecule has 0 aliphatic carbocycles. The average molecular weight is 233 g/mol. The zero-order valence-corrected chi connectivity index (χ0v) is 9.38. The summed E-state index contributed by atoms with van der Waals surface area (Å²) in [5.74, 6) is 0.451. The zero-order chi connectivity index (χ0) is 10.8. The number of hydrogen-bond donors (Lipinski definition) is 1. The standard InChI is InChI=1S/C8H8.C3H6Cl2O/c1-2-8-6-4-3-5-7-8;4-1-3(6)2-5/h2-7H,1H2;3,6H,1-2H2. The molecule has 0 spiro atoms. The predicted octanol–water partition coefficient (Wildman–Crippen LogP) is 3.15. The molecule has 78 valence electrons. The molecule has 0 saturated carbocycles. The third-order valence-corrected chi connectivity index (χ3v) is 2.10. The lowest BCUT2D eigenvalue weighted by Gasteiger charge is -1.94. The van der Waals surface area contributed by atoms with Gasteiger partial charge < -0.3 is 5.11 Å². The fourth-order valence-electron chi connectivity index (χ4n) is 0.630. The highest BCUT2D eigenvalue weighted by Crippen LogP contribution is 1.97. The molecule has 0 unspecified atom stereocenters. The largest absolute Gasteiger partial charge is 0.391 e. The minimum absolute atomic E-state index is 0.226. The van der Waals surface area contributed by atoms with Crippen LogP contribution in [-0.2, 0) is 0 Å². The Morgan fingerprint density at radius 3 is 1.93 bits per heavy atom. The van der Waals surface area contributed by atoms with Crippen LogP contribution in [0.4, 0.5) is 0 Å². The van der Waals surface area contributed by atoms with Crippen LogP contribution >= 0.6 is 23.2 Å². The van der Waals surface area contributed by atoms with Crippen molar-refractivity contribution in [2.75, 3.05) is 11.8 Å². The molecular weight excluding hydrogens is 219 g/mol. The second kappa shape index (κ2) is 9.07. The second-order valence-electron chi connectivity index (χ2n) is 2.58. The van der Waals surface area contributed by atoms with Gasteiger partial charge in [0.1, 0.15) is 0 Å². The molecule has 0 fully saturated rings. The Hall–Kier alpha value is -0.500. The average Bonchev–Trinajstić information content (AvgIpc) is 2.30. The lowest BCUT2D eigenvalue weighted by molar-refractivity contribution is 0.222. The normalized spacial score (nSPS) is 9.14. The number of halogens is 2. The first-order chi connectivity index (χ1) is 6.74. The van der Waals surface area contributed by atoms with Gasteiger partial charge in [0.2, 0.25) is 0 Å². The highest BCUT2D eigenvalue weighted by atomic mass is 35.5. The molecule has 1 nitrogen and oxygen atoms in total. The van der Waals surface area contributed by atoms with Crippen molar-refractivity contribution in [3.05, 3.63) is 42.5 Å². The predicted molar refractivity (Wildman–Crippen MR) is 64.0 cm³/mol. The first-order valence-corrected chi connectivity index (χ1v) is 5.29. The quantitative estimate of drug-likeness (QED) is 0.795. The van der Waals surface area contributed by atoms with Crippen LogP contribution in [-0.4, -0.2) is 23.0 Å². The van der Waals surface area contributed by atoms with Gasteiger partial charge in [0.15, 0.2) is 0 Å². The molecule has 1 rings (SSSR count). The van der Waals surface area contributed by atoms with E-state index in [4.69, 9.17) is 28.3 Å². The Morgan fingerprint density at radius 1 is 1.21 bits per heavy atom. The van der Waals surface area contributed by atoms with E-state index in [0.717, 1.165) is 0 Å². The fraction of sp³-hybridized carbons (Fsp3) is 0.273. The summed E-state index contributed by atoms with van der Waals surface area (Å²) in [7, 11) is 0. The summed E-state index contributed by atoms with van der Waals surface area (Å²) in [5, 5.41) is 8.40. The van der Waals surface area contributed by atoms with Crippen LogP contribution in [0.15, 0.2) is 36.9 Å². The molecule has 0 saturated heterocycles. The number of aliphatic hydroxyl groups is 1. The first kappa shape index (κ1) is 13.5. The zero-order valence-electron chi connectivity index (χ0n) is 7.87. The van der Waals surface area contributed by atoms with E-state index in [1.54, 1.807) is 0 Å². The highest BCUT2D eigenvalue weighted by molar-refractivity contribution is 6.21. The molecule has 1 aromatic rings. The maximum absolute atomic E-state index is 8.40.